The van der Waals surface area contributed by atoms with Gasteiger partial charge >= 0.3 is 0 Å². The van der Waals surface area contributed by atoms with Gasteiger partial charge in [0.25, 0.3) is 0 Å². The predicted octanol–water partition coefficient (Wildman–Crippen LogP) is 2.98. The van der Waals surface area contributed by atoms with Crippen molar-refractivity contribution in [2.45, 2.75) is 52.6 Å². The second-order valence-electron chi connectivity index (χ2n) is 4.98. The Bertz CT molecular complexity index is 337. The molecule has 0 aliphatic heterocycles. The van der Waals surface area contributed by atoms with Crippen LogP contribution in [0.25, 0.3) is 0 Å². The van der Waals surface area contributed by atoms with Gasteiger partial charge in [0.15, 0.2) is 0 Å². The molecule has 84 valence electrons. The van der Waals surface area contributed by atoms with Crippen molar-refractivity contribution in [3.05, 3.63) is 11.9 Å². The number of imidazole rings is 1. The number of aromatic nitrogens is 2. The van der Waals surface area contributed by atoms with Crippen LogP contribution in [0, 0.1) is 12.8 Å². The molecule has 1 fully saturated rings. The van der Waals surface area contributed by atoms with Crippen LogP contribution < -0.4 is 5.32 Å². The summed E-state index contributed by atoms with van der Waals surface area (Å²) in [5.41, 5.74) is 1.09. The molecular weight excluding hydrogens is 186 g/mol. The summed E-state index contributed by atoms with van der Waals surface area (Å²) in [7, 11) is 0. The topological polar surface area (TPSA) is 29.9 Å². The van der Waals surface area contributed by atoms with E-state index < -0.39 is 0 Å². The van der Waals surface area contributed by atoms with Crippen molar-refractivity contribution in [2.75, 3.05) is 5.32 Å². The SMILES string of the molecule is Cc1cn(C(C)C)c(NC(C)C2CC2)n1. The van der Waals surface area contributed by atoms with Crippen molar-refractivity contribution >= 4 is 5.95 Å². The maximum absolute atomic E-state index is 4.53. The van der Waals surface area contributed by atoms with Gasteiger partial charge in [0, 0.05) is 18.3 Å². The number of hydrogen-bond donors (Lipinski definition) is 1. The van der Waals surface area contributed by atoms with Crippen LogP contribution in [0.1, 0.15) is 45.3 Å². The molecule has 1 aliphatic carbocycles. The second kappa shape index (κ2) is 3.87. The predicted molar refractivity (Wildman–Crippen MR) is 63.2 cm³/mol. The van der Waals surface area contributed by atoms with Gasteiger partial charge in [-0.05, 0) is 46.5 Å². The molecule has 1 saturated carbocycles. The number of nitrogens with zero attached hydrogens (tertiary/aromatic N) is 2. The molecule has 3 heteroatoms. The number of anilines is 1. The number of hydrogen-bond acceptors (Lipinski definition) is 2. The molecule has 2 rings (SSSR count). The fraction of sp³-hybridized carbons (Fsp3) is 0.750. The van der Waals surface area contributed by atoms with E-state index in [1.165, 1.54) is 12.8 Å². The van der Waals surface area contributed by atoms with Gasteiger partial charge in [-0.1, -0.05) is 0 Å². The molecule has 0 spiro atoms. The van der Waals surface area contributed by atoms with Crippen LogP contribution in [0.15, 0.2) is 6.20 Å². The number of aryl methyl sites for hydroxylation is 1. The van der Waals surface area contributed by atoms with Crippen molar-refractivity contribution in [3.63, 3.8) is 0 Å². The van der Waals surface area contributed by atoms with Crippen LogP contribution in [0.4, 0.5) is 5.95 Å². The Balaban J connectivity index is 2.11. The Hall–Kier alpha value is -0.990. The molecule has 0 radical (unpaired) electrons. The van der Waals surface area contributed by atoms with Crippen molar-refractivity contribution < 1.29 is 0 Å². The summed E-state index contributed by atoms with van der Waals surface area (Å²) >= 11 is 0. The van der Waals surface area contributed by atoms with E-state index in [1.54, 1.807) is 0 Å². The molecule has 1 unspecified atom stereocenters. The fourth-order valence-corrected chi connectivity index (χ4v) is 1.93. The number of rotatable bonds is 4. The Morgan fingerprint density at radius 2 is 2.07 bits per heavy atom. The molecule has 0 bridgehead atoms. The lowest BCUT2D eigenvalue weighted by Crippen LogP contribution is -2.20. The molecule has 1 aliphatic rings. The van der Waals surface area contributed by atoms with Crippen molar-refractivity contribution in [2.24, 2.45) is 5.92 Å². The maximum Gasteiger partial charge on any atom is 0.203 e. The van der Waals surface area contributed by atoms with Crippen LogP contribution in [-0.4, -0.2) is 15.6 Å². The minimum absolute atomic E-state index is 0.472. The largest absolute Gasteiger partial charge is 0.353 e. The third kappa shape index (κ3) is 2.33. The van der Waals surface area contributed by atoms with Crippen LogP contribution in [0.5, 0.6) is 0 Å². The third-order valence-corrected chi connectivity index (χ3v) is 3.09. The molecule has 1 heterocycles. The Kier molecular flexibility index (Phi) is 2.72. The number of nitrogens with one attached hydrogen (secondary N) is 1. The van der Waals surface area contributed by atoms with E-state index in [-0.39, 0.29) is 0 Å². The summed E-state index contributed by atoms with van der Waals surface area (Å²) in [4.78, 5) is 4.53. The fourth-order valence-electron chi connectivity index (χ4n) is 1.93. The lowest BCUT2D eigenvalue weighted by atomic mass is 10.2. The zero-order valence-corrected chi connectivity index (χ0v) is 10.1. The molecule has 3 nitrogen and oxygen atoms in total. The highest BCUT2D eigenvalue weighted by molar-refractivity contribution is 5.31. The summed E-state index contributed by atoms with van der Waals surface area (Å²) in [6.45, 7) is 8.68. The minimum atomic E-state index is 0.472. The van der Waals surface area contributed by atoms with Crippen LogP contribution in [-0.2, 0) is 0 Å². The summed E-state index contributed by atoms with van der Waals surface area (Å²) in [6.07, 6.45) is 4.86. The second-order valence-corrected chi connectivity index (χ2v) is 4.98. The van der Waals surface area contributed by atoms with E-state index in [0.29, 0.717) is 12.1 Å². The molecule has 1 N–H and O–H groups in total. The molecular formula is C12H21N3. The summed E-state index contributed by atoms with van der Waals surface area (Å²) in [6, 6.07) is 1.03. The summed E-state index contributed by atoms with van der Waals surface area (Å²) in [5, 5.41) is 3.53. The molecule has 0 aromatic carbocycles. The van der Waals surface area contributed by atoms with Crippen LogP contribution >= 0.6 is 0 Å². The van der Waals surface area contributed by atoms with Gasteiger partial charge in [-0.25, -0.2) is 4.98 Å². The quantitative estimate of drug-likeness (QED) is 0.822. The molecule has 15 heavy (non-hydrogen) atoms. The Morgan fingerprint density at radius 1 is 1.40 bits per heavy atom. The first-order valence-corrected chi connectivity index (χ1v) is 5.90. The highest BCUT2D eigenvalue weighted by Gasteiger charge is 2.28. The van der Waals surface area contributed by atoms with Gasteiger partial charge in [0.2, 0.25) is 5.95 Å². The van der Waals surface area contributed by atoms with Gasteiger partial charge in [-0.2, -0.15) is 0 Å². The average Bonchev–Trinajstić information content (AvgIpc) is 2.91. The first kappa shape index (κ1) is 10.5. The van der Waals surface area contributed by atoms with E-state index in [2.05, 4.69) is 41.8 Å². The lowest BCUT2D eigenvalue weighted by molar-refractivity contribution is 0.591. The molecule has 1 aromatic rings. The van der Waals surface area contributed by atoms with E-state index in [4.69, 9.17) is 0 Å². The van der Waals surface area contributed by atoms with Crippen molar-refractivity contribution in [1.82, 2.24) is 9.55 Å². The smallest absolute Gasteiger partial charge is 0.203 e. The van der Waals surface area contributed by atoms with Gasteiger partial charge in [-0.15, -0.1) is 0 Å². The molecule has 1 aromatic heterocycles. The van der Waals surface area contributed by atoms with E-state index in [1.807, 2.05) is 6.92 Å². The average molecular weight is 207 g/mol. The first-order valence-electron chi connectivity index (χ1n) is 5.90. The van der Waals surface area contributed by atoms with Gasteiger partial charge < -0.3 is 9.88 Å². The first-order chi connectivity index (χ1) is 7.08. The van der Waals surface area contributed by atoms with Crippen molar-refractivity contribution in [1.29, 1.82) is 0 Å². The highest BCUT2D eigenvalue weighted by Crippen LogP contribution is 2.34. The third-order valence-electron chi connectivity index (χ3n) is 3.09. The Morgan fingerprint density at radius 3 is 2.60 bits per heavy atom. The normalized spacial score (nSPS) is 18.2. The van der Waals surface area contributed by atoms with E-state index >= 15 is 0 Å². The molecule has 0 saturated heterocycles. The van der Waals surface area contributed by atoms with E-state index in [0.717, 1.165) is 17.6 Å². The molecule has 1 atom stereocenters. The monoisotopic (exact) mass is 207 g/mol. The van der Waals surface area contributed by atoms with Gasteiger partial charge in [0.1, 0.15) is 0 Å². The highest BCUT2D eigenvalue weighted by atomic mass is 15.2. The van der Waals surface area contributed by atoms with Crippen LogP contribution in [0.2, 0.25) is 0 Å². The van der Waals surface area contributed by atoms with Gasteiger partial charge in [0.05, 0.1) is 5.69 Å². The summed E-state index contributed by atoms with van der Waals surface area (Å²) in [5.74, 6) is 1.89. The lowest BCUT2D eigenvalue weighted by Gasteiger charge is -2.17. The zero-order valence-electron chi connectivity index (χ0n) is 10.1. The zero-order chi connectivity index (χ0) is 11.0. The Labute approximate surface area is 91.9 Å². The van der Waals surface area contributed by atoms with Gasteiger partial charge in [-0.3, -0.25) is 0 Å². The maximum atomic E-state index is 4.53. The minimum Gasteiger partial charge on any atom is -0.353 e. The van der Waals surface area contributed by atoms with Crippen LogP contribution in [0.3, 0.4) is 0 Å². The van der Waals surface area contributed by atoms with E-state index in [9.17, 15) is 0 Å². The summed E-state index contributed by atoms with van der Waals surface area (Å²) < 4.78 is 2.22. The standard InChI is InChI=1S/C12H21N3/c1-8(2)15-7-9(3)13-12(15)14-10(4)11-5-6-11/h7-8,10-11H,5-6H2,1-4H3,(H,13,14). The van der Waals surface area contributed by atoms with Crippen molar-refractivity contribution in [3.8, 4) is 0 Å². The molecule has 0 amide bonds.